The second-order valence-corrected chi connectivity index (χ2v) is 5.88. The smallest absolute Gasteiger partial charge is 0.220 e. The number of carbonyl (C=O) groups is 1. The van der Waals surface area contributed by atoms with Crippen LogP contribution in [0, 0.1) is 5.41 Å². The van der Waals surface area contributed by atoms with Crippen molar-refractivity contribution >= 4 is 11.6 Å². The predicted molar refractivity (Wildman–Crippen MR) is 80.2 cm³/mol. The van der Waals surface area contributed by atoms with Crippen LogP contribution in [0.3, 0.4) is 0 Å². The van der Waals surface area contributed by atoms with Crippen LogP contribution in [0.2, 0.25) is 0 Å². The molecule has 0 heterocycles. The van der Waals surface area contributed by atoms with Crippen molar-refractivity contribution in [3.8, 4) is 0 Å². The van der Waals surface area contributed by atoms with Crippen molar-refractivity contribution in [3.05, 3.63) is 29.8 Å². The summed E-state index contributed by atoms with van der Waals surface area (Å²) in [6.07, 6.45) is 5.54. The van der Waals surface area contributed by atoms with E-state index in [4.69, 9.17) is 5.73 Å². The highest BCUT2D eigenvalue weighted by Gasteiger charge is 2.33. The highest BCUT2D eigenvalue weighted by Crippen LogP contribution is 2.36. The van der Waals surface area contributed by atoms with Gasteiger partial charge in [0.25, 0.3) is 0 Å². The molecule has 1 saturated carbocycles. The number of aryl methyl sites for hydroxylation is 1. The molecule has 20 heavy (non-hydrogen) atoms. The lowest BCUT2D eigenvalue weighted by molar-refractivity contribution is -0.121. The van der Waals surface area contributed by atoms with Gasteiger partial charge < -0.3 is 16.2 Å². The van der Waals surface area contributed by atoms with Crippen LogP contribution in [0.4, 0.5) is 5.69 Å². The van der Waals surface area contributed by atoms with Crippen LogP contribution in [-0.4, -0.2) is 24.2 Å². The fourth-order valence-electron chi connectivity index (χ4n) is 2.83. The Morgan fingerprint density at radius 1 is 1.25 bits per heavy atom. The van der Waals surface area contributed by atoms with Crippen LogP contribution in [0.15, 0.2) is 24.3 Å². The van der Waals surface area contributed by atoms with E-state index in [0.717, 1.165) is 43.4 Å². The summed E-state index contributed by atoms with van der Waals surface area (Å²) >= 11 is 0. The molecule has 0 unspecified atom stereocenters. The molecule has 0 spiro atoms. The van der Waals surface area contributed by atoms with E-state index >= 15 is 0 Å². The quantitative estimate of drug-likeness (QED) is 0.694. The first-order valence-electron chi connectivity index (χ1n) is 7.36. The minimum Gasteiger partial charge on any atom is -0.399 e. The number of aliphatic hydroxyl groups is 1. The van der Waals surface area contributed by atoms with Crippen LogP contribution in [0.1, 0.15) is 37.7 Å². The Morgan fingerprint density at radius 2 is 1.90 bits per heavy atom. The molecule has 1 amide bonds. The number of hydrogen-bond acceptors (Lipinski definition) is 3. The molecule has 0 aliphatic heterocycles. The van der Waals surface area contributed by atoms with Gasteiger partial charge in [0.05, 0.1) is 6.61 Å². The molecule has 4 nitrogen and oxygen atoms in total. The monoisotopic (exact) mass is 276 g/mol. The first-order chi connectivity index (χ1) is 9.63. The summed E-state index contributed by atoms with van der Waals surface area (Å²) in [4.78, 5) is 11.9. The number of anilines is 1. The molecule has 1 aliphatic carbocycles. The molecule has 0 aromatic heterocycles. The second-order valence-electron chi connectivity index (χ2n) is 5.88. The topological polar surface area (TPSA) is 75.4 Å². The van der Waals surface area contributed by atoms with Crippen LogP contribution in [0.25, 0.3) is 0 Å². The molecule has 1 aliphatic rings. The van der Waals surface area contributed by atoms with Gasteiger partial charge in [-0.15, -0.1) is 0 Å². The molecule has 1 fully saturated rings. The van der Waals surface area contributed by atoms with Gasteiger partial charge in [-0.05, 0) is 37.0 Å². The van der Waals surface area contributed by atoms with E-state index in [-0.39, 0.29) is 17.9 Å². The van der Waals surface area contributed by atoms with Gasteiger partial charge in [-0.2, -0.15) is 0 Å². The highest BCUT2D eigenvalue weighted by molar-refractivity contribution is 5.76. The number of rotatable bonds is 6. The molecule has 1 aromatic rings. The Labute approximate surface area is 120 Å². The van der Waals surface area contributed by atoms with Crippen molar-refractivity contribution in [2.45, 2.75) is 38.5 Å². The summed E-state index contributed by atoms with van der Waals surface area (Å²) in [7, 11) is 0. The Bertz CT molecular complexity index is 436. The number of nitrogens with two attached hydrogens (primary N) is 1. The number of hydrogen-bond donors (Lipinski definition) is 3. The van der Waals surface area contributed by atoms with Gasteiger partial charge in [0.15, 0.2) is 0 Å². The van der Waals surface area contributed by atoms with Crippen molar-refractivity contribution in [3.63, 3.8) is 0 Å². The maximum atomic E-state index is 11.9. The predicted octanol–water partition coefficient (Wildman–Crippen LogP) is 1.87. The minimum atomic E-state index is -0.0726. The number of amides is 1. The zero-order chi connectivity index (χ0) is 14.4. The Hall–Kier alpha value is -1.55. The largest absolute Gasteiger partial charge is 0.399 e. The van der Waals surface area contributed by atoms with E-state index in [9.17, 15) is 9.90 Å². The number of benzene rings is 1. The standard InChI is InChI=1S/C16H24N2O2/c17-14-6-3-13(4-7-14)5-8-15(20)18-11-16(12-19)9-1-2-10-16/h3-4,6-7,19H,1-2,5,8-12,17H2,(H,18,20). The van der Waals surface area contributed by atoms with Crippen molar-refractivity contribution in [2.75, 3.05) is 18.9 Å². The average Bonchev–Trinajstić information content (AvgIpc) is 2.94. The van der Waals surface area contributed by atoms with Crippen molar-refractivity contribution in [1.82, 2.24) is 5.32 Å². The lowest BCUT2D eigenvalue weighted by atomic mass is 9.87. The first kappa shape index (κ1) is 14.9. The van der Waals surface area contributed by atoms with Gasteiger partial charge in [0.2, 0.25) is 5.91 Å². The average molecular weight is 276 g/mol. The van der Waals surface area contributed by atoms with Crippen LogP contribution in [-0.2, 0) is 11.2 Å². The number of aliphatic hydroxyl groups excluding tert-OH is 1. The normalized spacial score (nSPS) is 17.1. The third-order valence-electron chi connectivity index (χ3n) is 4.28. The molecule has 110 valence electrons. The summed E-state index contributed by atoms with van der Waals surface area (Å²) < 4.78 is 0. The third-order valence-corrected chi connectivity index (χ3v) is 4.28. The zero-order valence-electron chi connectivity index (χ0n) is 11.9. The van der Waals surface area contributed by atoms with Crippen LogP contribution in [0.5, 0.6) is 0 Å². The van der Waals surface area contributed by atoms with Gasteiger partial charge in [-0.1, -0.05) is 25.0 Å². The molecular formula is C16H24N2O2. The van der Waals surface area contributed by atoms with Gasteiger partial charge in [0.1, 0.15) is 0 Å². The molecule has 0 atom stereocenters. The molecule has 2 rings (SSSR count). The Balaban J connectivity index is 1.74. The van der Waals surface area contributed by atoms with Crippen molar-refractivity contribution in [1.29, 1.82) is 0 Å². The molecule has 0 radical (unpaired) electrons. The lowest BCUT2D eigenvalue weighted by Gasteiger charge is -2.26. The van der Waals surface area contributed by atoms with E-state index in [2.05, 4.69) is 5.32 Å². The van der Waals surface area contributed by atoms with Gasteiger partial charge in [0, 0.05) is 24.1 Å². The Kier molecular flexibility index (Phi) is 5.01. The van der Waals surface area contributed by atoms with E-state index in [0.29, 0.717) is 13.0 Å². The summed E-state index contributed by atoms with van der Waals surface area (Å²) in [5, 5.41) is 12.5. The third kappa shape index (κ3) is 3.97. The van der Waals surface area contributed by atoms with Crippen molar-refractivity contribution in [2.24, 2.45) is 5.41 Å². The highest BCUT2D eigenvalue weighted by atomic mass is 16.3. The molecule has 4 heteroatoms. The van der Waals surface area contributed by atoms with Crippen molar-refractivity contribution < 1.29 is 9.90 Å². The first-order valence-corrected chi connectivity index (χ1v) is 7.36. The zero-order valence-corrected chi connectivity index (χ0v) is 11.9. The fraction of sp³-hybridized carbons (Fsp3) is 0.562. The van der Waals surface area contributed by atoms with Gasteiger partial charge in [-0.25, -0.2) is 0 Å². The van der Waals surface area contributed by atoms with Crippen LogP contribution >= 0.6 is 0 Å². The Morgan fingerprint density at radius 3 is 2.50 bits per heavy atom. The fourth-order valence-corrected chi connectivity index (χ4v) is 2.83. The number of carbonyl (C=O) groups excluding carboxylic acids is 1. The molecular weight excluding hydrogens is 252 g/mol. The minimum absolute atomic E-state index is 0.0570. The van der Waals surface area contributed by atoms with E-state index in [1.54, 1.807) is 0 Å². The summed E-state index contributed by atoms with van der Waals surface area (Å²) in [5.41, 5.74) is 7.41. The van der Waals surface area contributed by atoms with Gasteiger partial charge in [-0.3, -0.25) is 4.79 Å². The maximum absolute atomic E-state index is 11.9. The summed E-state index contributed by atoms with van der Waals surface area (Å²) in [6, 6.07) is 7.61. The van der Waals surface area contributed by atoms with E-state index < -0.39 is 0 Å². The molecule has 0 saturated heterocycles. The van der Waals surface area contributed by atoms with Crippen LogP contribution < -0.4 is 11.1 Å². The SMILES string of the molecule is Nc1ccc(CCC(=O)NCC2(CO)CCCC2)cc1. The molecule has 1 aromatic carbocycles. The molecule has 4 N–H and O–H groups in total. The summed E-state index contributed by atoms with van der Waals surface area (Å²) in [6.45, 7) is 0.773. The van der Waals surface area contributed by atoms with Gasteiger partial charge >= 0.3 is 0 Å². The molecule has 0 bridgehead atoms. The van der Waals surface area contributed by atoms with E-state index in [1.807, 2.05) is 24.3 Å². The summed E-state index contributed by atoms with van der Waals surface area (Å²) in [5.74, 6) is 0.0570. The number of nitrogens with one attached hydrogen (secondary N) is 1. The van der Waals surface area contributed by atoms with E-state index in [1.165, 1.54) is 0 Å². The number of nitrogen functional groups attached to an aromatic ring is 1. The second kappa shape index (κ2) is 6.75. The maximum Gasteiger partial charge on any atom is 0.220 e. The lowest BCUT2D eigenvalue weighted by Crippen LogP contribution is -2.38.